The van der Waals surface area contributed by atoms with Crippen molar-refractivity contribution in [2.75, 3.05) is 4.90 Å². The van der Waals surface area contributed by atoms with Crippen molar-refractivity contribution in [1.29, 1.82) is 0 Å². The van der Waals surface area contributed by atoms with Crippen molar-refractivity contribution in [3.05, 3.63) is 188 Å². The van der Waals surface area contributed by atoms with Gasteiger partial charge in [-0.2, -0.15) is 0 Å². The van der Waals surface area contributed by atoms with Gasteiger partial charge in [0.25, 0.3) is 0 Å². The lowest BCUT2D eigenvalue weighted by atomic mass is 10.0. The van der Waals surface area contributed by atoms with Gasteiger partial charge in [-0.3, -0.25) is 0 Å². The van der Waals surface area contributed by atoms with Crippen LogP contribution in [0.5, 0.6) is 0 Å². The van der Waals surface area contributed by atoms with E-state index in [2.05, 4.69) is 128 Å². The van der Waals surface area contributed by atoms with Gasteiger partial charge < -0.3 is 4.90 Å². The van der Waals surface area contributed by atoms with Crippen molar-refractivity contribution in [2.45, 2.75) is 6.92 Å². The molecule has 0 aliphatic carbocycles. The topological polar surface area (TPSA) is 3.24 Å². The third-order valence-corrected chi connectivity index (χ3v) is 6.23. The van der Waals surface area contributed by atoms with Crippen LogP contribution in [0, 0.1) is 0 Å². The van der Waals surface area contributed by atoms with Crippen LogP contribution in [0.4, 0.5) is 5.69 Å². The van der Waals surface area contributed by atoms with Crippen LogP contribution in [-0.2, 0) is 0 Å². The van der Waals surface area contributed by atoms with Gasteiger partial charge >= 0.3 is 0 Å². The Kier molecular flexibility index (Phi) is 9.26. The summed E-state index contributed by atoms with van der Waals surface area (Å²) in [6, 6.07) is 40.0. The second-order valence-electron chi connectivity index (χ2n) is 8.79. The number of rotatable bonds is 10. The van der Waals surface area contributed by atoms with Gasteiger partial charge in [0.05, 0.1) is 5.70 Å². The third kappa shape index (κ3) is 6.66. The largest absolute Gasteiger partial charge is 0.314 e. The Hall–Kier alpha value is -4.88. The zero-order valence-electron chi connectivity index (χ0n) is 21.9. The van der Waals surface area contributed by atoms with Crippen molar-refractivity contribution in [1.82, 2.24) is 0 Å². The molecular weight excluding hydrogens is 458 g/mol. The monoisotopic (exact) mass is 491 g/mol. The summed E-state index contributed by atoms with van der Waals surface area (Å²) in [6.07, 6.45) is 14.1. The van der Waals surface area contributed by atoms with Crippen LogP contribution in [0.2, 0.25) is 0 Å². The SMILES string of the molecule is C=C/C=C\C=C(/c1ccccc1)N(/C(C)=C/C=C(\C=C)c1ccccc1)c1ccc(-c2ccccc2)cc1. The second kappa shape index (κ2) is 13.4. The molecule has 0 fully saturated rings. The minimum Gasteiger partial charge on any atom is -0.314 e. The summed E-state index contributed by atoms with van der Waals surface area (Å²) < 4.78 is 0. The molecule has 0 spiro atoms. The molecule has 4 rings (SSSR count). The third-order valence-electron chi connectivity index (χ3n) is 6.23. The highest BCUT2D eigenvalue weighted by molar-refractivity contribution is 5.85. The Morgan fingerprint density at radius 3 is 1.71 bits per heavy atom. The molecule has 0 N–H and O–H groups in total. The molecule has 1 nitrogen and oxygen atoms in total. The van der Waals surface area contributed by atoms with Crippen LogP contribution in [0.1, 0.15) is 18.1 Å². The maximum absolute atomic E-state index is 4.05. The van der Waals surface area contributed by atoms with Crippen LogP contribution in [-0.4, -0.2) is 0 Å². The average molecular weight is 492 g/mol. The lowest BCUT2D eigenvalue weighted by Crippen LogP contribution is -2.19. The van der Waals surface area contributed by atoms with E-state index < -0.39 is 0 Å². The fourth-order valence-corrected chi connectivity index (χ4v) is 4.30. The molecule has 38 heavy (non-hydrogen) atoms. The van der Waals surface area contributed by atoms with E-state index in [9.17, 15) is 0 Å². The van der Waals surface area contributed by atoms with E-state index in [1.165, 1.54) is 11.1 Å². The van der Waals surface area contributed by atoms with Crippen molar-refractivity contribution in [3.8, 4) is 11.1 Å². The van der Waals surface area contributed by atoms with Gasteiger partial charge in [-0.05, 0) is 59.0 Å². The van der Waals surface area contributed by atoms with E-state index in [-0.39, 0.29) is 0 Å². The first-order chi connectivity index (χ1) is 18.7. The summed E-state index contributed by atoms with van der Waals surface area (Å²) in [6.45, 7) is 10.0. The van der Waals surface area contributed by atoms with E-state index >= 15 is 0 Å². The van der Waals surface area contributed by atoms with Crippen LogP contribution >= 0.6 is 0 Å². The Labute approximate surface area is 227 Å². The summed E-state index contributed by atoms with van der Waals surface area (Å²) in [7, 11) is 0. The summed E-state index contributed by atoms with van der Waals surface area (Å²) in [5.74, 6) is 0. The summed E-state index contributed by atoms with van der Waals surface area (Å²) in [4.78, 5) is 2.29. The fraction of sp³-hybridized carbons (Fsp3) is 0.0270. The van der Waals surface area contributed by atoms with Crippen LogP contribution in [0.25, 0.3) is 22.4 Å². The number of anilines is 1. The highest BCUT2D eigenvalue weighted by Crippen LogP contribution is 2.33. The van der Waals surface area contributed by atoms with Crippen LogP contribution in [0.15, 0.2) is 177 Å². The highest BCUT2D eigenvalue weighted by Gasteiger charge is 2.16. The lowest BCUT2D eigenvalue weighted by molar-refractivity contribution is 1.16. The van der Waals surface area contributed by atoms with Crippen molar-refractivity contribution < 1.29 is 0 Å². The van der Waals surface area contributed by atoms with Crippen LogP contribution < -0.4 is 4.90 Å². The standard InChI is InChI=1S/C37H33N/c1-4-6-10-23-37(35-21-15-9-16-22-35)38(30(3)24-25-31(5-2)32-17-11-7-12-18-32)36-28-26-34(27-29-36)33-19-13-8-14-20-33/h4-29H,1-2H2,3H3/b10-6-,30-24+,31-25+,37-23+. The van der Waals surface area contributed by atoms with Crippen molar-refractivity contribution in [3.63, 3.8) is 0 Å². The van der Waals surface area contributed by atoms with E-state index in [1.807, 2.05) is 48.6 Å². The first-order valence-electron chi connectivity index (χ1n) is 12.8. The lowest BCUT2D eigenvalue weighted by Gasteiger charge is -2.29. The molecule has 0 aliphatic rings. The quantitative estimate of drug-likeness (QED) is 0.199. The molecule has 186 valence electrons. The number of benzene rings is 4. The van der Waals surface area contributed by atoms with E-state index in [0.29, 0.717) is 0 Å². The molecule has 0 saturated heterocycles. The molecule has 0 heterocycles. The molecule has 0 aromatic heterocycles. The Bertz CT molecular complexity index is 1450. The fourth-order valence-electron chi connectivity index (χ4n) is 4.30. The number of hydrogen-bond donors (Lipinski definition) is 0. The van der Waals surface area contributed by atoms with E-state index in [4.69, 9.17) is 0 Å². The summed E-state index contributed by atoms with van der Waals surface area (Å²) in [5.41, 5.74) is 8.94. The van der Waals surface area contributed by atoms with Gasteiger partial charge in [-0.25, -0.2) is 0 Å². The van der Waals surface area contributed by atoms with Gasteiger partial charge in [-0.15, -0.1) is 0 Å². The number of nitrogens with zero attached hydrogens (tertiary/aromatic N) is 1. The Morgan fingerprint density at radius 2 is 1.13 bits per heavy atom. The molecule has 4 aromatic rings. The molecule has 0 atom stereocenters. The van der Waals surface area contributed by atoms with E-state index in [1.54, 1.807) is 6.08 Å². The van der Waals surface area contributed by atoms with Gasteiger partial charge in [0.2, 0.25) is 0 Å². The average Bonchev–Trinajstić information content (AvgIpc) is 2.99. The maximum Gasteiger partial charge on any atom is 0.0530 e. The van der Waals surface area contributed by atoms with Gasteiger partial charge in [0.15, 0.2) is 0 Å². The predicted octanol–water partition coefficient (Wildman–Crippen LogP) is 10.1. The van der Waals surface area contributed by atoms with Crippen LogP contribution in [0.3, 0.4) is 0 Å². The molecule has 0 unspecified atom stereocenters. The summed E-state index contributed by atoms with van der Waals surface area (Å²) >= 11 is 0. The first kappa shape index (κ1) is 26.2. The minimum atomic E-state index is 1.07. The zero-order chi connectivity index (χ0) is 26.6. The number of hydrogen-bond acceptors (Lipinski definition) is 1. The van der Waals surface area contributed by atoms with Gasteiger partial charge in [0.1, 0.15) is 0 Å². The second-order valence-corrected chi connectivity index (χ2v) is 8.79. The Balaban J connectivity index is 1.83. The molecule has 0 radical (unpaired) electrons. The molecule has 0 saturated carbocycles. The normalized spacial score (nSPS) is 12.4. The molecule has 0 amide bonds. The first-order valence-corrected chi connectivity index (χ1v) is 12.8. The smallest absolute Gasteiger partial charge is 0.0530 e. The van der Waals surface area contributed by atoms with E-state index in [0.717, 1.165) is 33.8 Å². The van der Waals surface area contributed by atoms with Crippen molar-refractivity contribution in [2.24, 2.45) is 0 Å². The predicted molar refractivity (Wildman–Crippen MR) is 166 cm³/mol. The van der Waals surface area contributed by atoms with Gasteiger partial charge in [0, 0.05) is 11.4 Å². The zero-order valence-corrected chi connectivity index (χ0v) is 21.9. The minimum absolute atomic E-state index is 1.07. The molecule has 1 heteroatoms. The maximum atomic E-state index is 4.05. The molecule has 4 aromatic carbocycles. The van der Waals surface area contributed by atoms with Crippen molar-refractivity contribution >= 4 is 17.0 Å². The molecular formula is C37H33N. The number of allylic oxidation sites excluding steroid dienone is 9. The molecule has 0 bridgehead atoms. The van der Waals surface area contributed by atoms with Gasteiger partial charge in [-0.1, -0.05) is 147 Å². The molecule has 0 aliphatic heterocycles. The Morgan fingerprint density at radius 1 is 0.579 bits per heavy atom. The summed E-state index contributed by atoms with van der Waals surface area (Å²) in [5, 5.41) is 0. The highest BCUT2D eigenvalue weighted by atomic mass is 15.2.